The van der Waals surface area contributed by atoms with Gasteiger partial charge in [0.15, 0.2) is 0 Å². The highest BCUT2D eigenvalue weighted by molar-refractivity contribution is 9.10. The first-order chi connectivity index (χ1) is 7.77. The molecule has 0 aliphatic heterocycles. The van der Waals surface area contributed by atoms with Gasteiger partial charge in [0.25, 0.3) is 0 Å². The van der Waals surface area contributed by atoms with Gasteiger partial charge in [-0.05, 0) is 49.1 Å². The zero-order valence-electron chi connectivity index (χ0n) is 10.0. The smallest absolute Gasteiger partial charge is 0.0318 e. The Morgan fingerprint density at radius 2 is 2.25 bits per heavy atom. The van der Waals surface area contributed by atoms with Crippen LogP contribution < -0.4 is 5.32 Å². The van der Waals surface area contributed by atoms with Gasteiger partial charge >= 0.3 is 0 Å². The van der Waals surface area contributed by atoms with Crippen molar-refractivity contribution in [2.24, 2.45) is 0 Å². The summed E-state index contributed by atoms with van der Waals surface area (Å²) in [5.41, 5.74) is 1.38. The summed E-state index contributed by atoms with van der Waals surface area (Å²) in [4.78, 5) is 0. The van der Waals surface area contributed by atoms with Crippen molar-refractivity contribution in [1.82, 2.24) is 5.32 Å². The van der Waals surface area contributed by atoms with Gasteiger partial charge in [-0.2, -0.15) is 11.8 Å². The molecule has 0 saturated carbocycles. The zero-order chi connectivity index (χ0) is 11.8. The second-order valence-corrected chi connectivity index (χ2v) is 5.72. The third-order valence-electron chi connectivity index (χ3n) is 2.58. The quantitative estimate of drug-likeness (QED) is 0.756. The Hall–Kier alpha value is 0.01000. The first-order valence-electron chi connectivity index (χ1n) is 5.75. The minimum Gasteiger partial charge on any atom is -0.310 e. The summed E-state index contributed by atoms with van der Waals surface area (Å²) >= 11 is 5.43. The van der Waals surface area contributed by atoms with Crippen molar-refractivity contribution >= 4 is 27.7 Å². The van der Waals surface area contributed by atoms with Gasteiger partial charge in [0, 0.05) is 10.5 Å². The first kappa shape index (κ1) is 14.1. The van der Waals surface area contributed by atoms with Crippen LogP contribution in [0.25, 0.3) is 0 Å². The molecule has 0 heterocycles. The van der Waals surface area contributed by atoms with Crippen molar-refractivity contribution in [2.45, 2.75) is 25.8 Å². The highest BCUT2D eigenvalue weighted by Gasteiger charge is 2.07. The van der Waals surface area contributed by atoms with Gasteiger partial charge in [0.05, 0.1) is 0 Å². The molecule has 16 heavy (non-hydrogen) atoms. The number of nitrogens with one attached hydrogen (secondary N) is 1. The molecule has 0 saturated heterocycles. The number of hydrogen-bond donors (Lipinski definition) is 1. The number of hydrogen-bond acceptors (Lipinski definition) is 2. The molecular weight excluding hydrogens is 282 g/mol. The SMILES string of the molecule is CCC(NCCCSC)c1cccc(Br)c1. The molecule has 0 bridgehead atoms. The number of halogens is 1. The third-order valence-corrected chi connectivity index (χ3v) is 3.77. The van der Waals surface area contributed by atoms with Crippen molar-refractivity contribution < 1.29 is 0 Å². The van der Waals surface area contributed by atoms with Crippen LogP contribution in [-0.4, -0.2) is 18.6 Å². The van der Waals surface area contributed by atoms with Crippen LogP contribution in [-0.2, 0) is 0 Å². The van der Waals surface area contributed by atoms with E-state index in [9.17, 15) is 0 Å². The topological polar surface area (TPSA) is 12.0 Å². The maximum Gasteiger partial charge on any atom is 0.0318 e. The lowest BCUT2D eigenvalue weighted by atomic mass is 10.0. The zero-order valence-corrected chi connectivity index (χ0v) is 12.4. The normalized spacial score (nSPS) is 12.7. The van der Waals surface area contributed by atoms with Crippen molar-refractivity contribution in [3.05, 3.63) is 34.3 Å². The molecule has 0 fully saturated rings. The fourth-order valence-corrected chi connectivity index (χ4v) is 2.56. The summed E-state index contributed by atoms with van der Waals surface area (Å²) < 4.78 is 1.16. The molecule has 0 amide bonds. The Kier molecular flexibility index (Phi) is 7.17. The Labute approximate surface area is 112 Å². The van der Waals surface area contributed by atoms with Crippen molar-refractivity contribution in [2.75, 3.05) is 18.6 Å². The van der Waals surface area contributed by atoms with Gasteiger partial charge in [-0.25, -0.2) is 0 Å². The second-order valence-electron chi connectivity index (χ2n) is 3.82. The van der Waals surface area contributed by atoms with Gasteiger partial charge in [-0.3, -0.25) is 0 Å². The minimum atomic E-state index is 0.486. The number of benzene rings is 1. The second kappa shape index (κ2) is 8.15. The van der Waals surface area contributed by atoms with E-state index in [1.165, 1.54) is 17.7 Å². The van der Waals surface area contributed by atoms with Gasteiger partial charge in [-0.15, -0.1) is 0 Å². The van der Waals surface area contributed by atoms with Crippen LogP contribution in [0.15, 0.2) is 28.7 Å². The summed E-state index contributed by atoms with van der Waals surface area (Å²) in [6.45, 7) is 3.33. The Morgan fingerprint density at radius 3 is 2.88 bits per heavy atom. The van der Waals surface area contributed by atoms with E-state index in [1.54, 1.807) is 0 Å². The molecular formula is C13H20BrNS. The molecule has 1 N–H and O–H groups in total. The summed E-state index contributed by atoms with van der Waals surface area (Å²) in [6.07, 6.45) is 4.53. The van der Waals surface area contributed by atoms with E-state index in [4.69, 9.17) is 0 Å². The van der Waals surface area contributed by atoms with Crippen LogP contribution >= 0.6 is 27.7 Å². The van der Waals surface area contributed by atoms with Crippen molar-refractivity contribution in [3.63, 3.8) is 0 Å². The van der Waals surface area contributed by atoms with E-state index in [2.05, 4.69) is 58.7 Å². The molecule has 0 radical (unpaired) electrons. The summed E-state index contributed by atoms with van der Waals surface area (Å²) in [5.74, 6) is 1.24. The van der Waals surface area contributed by atoms with Crippen molar-refractivity contribution in [1.29, 1.82) is 0 Å². The predicted octanol–water partition coefficient (Wildman–Crippen LogP) is 4.24. The fourth-order valence-electron chi connectivity index (χ4n) is 1.71. The molecule has 1 unspecified atom stereocenters. The van der Waals surface area contributed by atoms with E-state index in [-0.39, 0.29) is 0 Å². The summed E-state index contributed by atoms with van der Waals surface area (Å²) in [7, 11) is 0. The van der Waals surface area contributed by atoms with Crippen LogP contribution in [0.5, 0.6) is 0 Å². The molecule has 1 aromatic rings. The Bertz CT molecular complexity index is 304. The van der Waals surface area contributed by atoms with E-state index in [1.807, 2.05) is 11.8 Å². The molecule has 1 rings (SSSR count). The van der Waals surface area contributed by atoms with Gasteiger partial charge < -0.3 is 5.32 Å². The molecule has 3 heteroatoms. The van der Waals surface area contributed by atoms with E-state index in [0.29, 0.717) is 6.04 Å². The van der Waals surface area contributed by atoms with Crippen molar-refractivity contribution in [3.8, 4) is 0 Å². The molecule has 0 aliphatic carbocycles. The van der Waals surface area contributed by atoms with Crippen LogP contribution in [0, 0.1) is 0 Å². The predicted molar refractivity (Wildman–Crippen MR) is 78.2 cm³/mol. The van der Waals surface area contributed by atoms with Crippen LogP contribution in [0.3, 0.4) is 0 Å². The van der Waals surface area contributed by atoms with E-state index >= 15 is 0 Å². The van der Waals surface area contributed by atoms with Gasteiger partial charge in [0.2, 0.25) is 0 Å². The monoisotopic (exact) mass is 301 g/mol. The molecule has 1 atom stereocenters. The third kappa shape index (κ3) is 4.89. The number of thioether (sulfide) groups is 1. The molecule has 0 aromatic heterocycles. The average Bonchev–Trinajstić information content (AvgIpc) is 2.29. The van der Waals surface area contributed by atoms with Crippen LogP contribution in [0.1, 0.15) is 31.4 Å². The molecule has 0 aliphatic rings. The minimum absolute atomic E-state index is 0.486. The average molecular weight is 302 g/mol. The molecule has 90 valence electrons. The van der Waals surface area contributed by atoms with Crippen LogP contribution in [0.4, 0.5) is 0 Å². The van der Waals surface area contributed by atoms with Crippen LogP contribution in [0.2, 0.25) is 0 Å². The maximum atomic E-state index is 3.61. The van der Waals surface area contributed by atoms with Gasteiger partial charge in [0.1, 0.15) is 0 Å². The summed E-state index contributed by atoms with van der Waals surface area (Å²) in [5, 5.41) is 3.61. The van der Waals surface area contributed by atoms with Gasteiger partial charge in [-0.1, -0.05) is 35.0 Å². The van der Waals surface area contributed by atoms with E-state index in [0.717, 1.165) is 17.4 Å². The number of rotatable bonds is 7. The lowest BCUT2D eigenvalue weighted by molar-refractivity contribution is 0.519. The maximum absolute atomic E-state index is 3.61. The highest BCUT2D eigenvalue weighted by atomic mass is 79.9. The fraction of sp³-hybridized carbons (Fsp3) is 0.538. The lowest BCUT2D eigenvalue weighted by Crippen LogP contribution is -2.22. The molecule has 0 spiro atoms. The molecule has 1 nitrogen and oxygen atoms in total. The standard InChI is InChI=1S/C13H20BrNS/c1-3-13(15-8-5-9-16-2)11-6-4-7-12(14)10-11/h4,6-7,10,13,15H,3,5,8-9H2,1-2H3. The summed E-state index contributed by atoms with van der Waals surface area (Å²) in [6, 6.07) is 9.06. The Balaban J connectivity index is 2.47. The Morgan fingerprint density at radius 1 is 1.44 bits per heavy atom. The van der Waals surface area contributed by atoms with E-state index < -0.39 is 0 Å². The largest absolute Gasteiger partial charge is 0.310 e. The lowest BCUT2D eigenvalue weighted by Gasteiger charge is -2.17. The first-order valence-corrected chi connectivity index (χ1v) is 7.94. The molecule has 1 aromatic carbocycles. The highest BCUT2D eigenvalue weighted by Crippen LogP contribution is 2.20.